The Kier molecular flexibility index (Phi) is 12.3. The van der Waals surface area contributed by atoms with Gasteiger partial charge >= 0.3 is 6.16 Å². The maximum Gasteiger partial charge on any atom is 0.503 e. The van der Waals surface area contributed by atoms with E-state index in [-0.39, 0.29) is 17.9 Å². The molecule has 8 nitrogen and oxygen atoms in total. The van der Waals surface area contributed by atoms with Crippen molar-refractivity contribution in [2.75, 3.05) is 20.2 Å². The second-order valence-corrected chi connectivity index (χ2v) is 11.1. The molecule has 1 saturated heterocycles. The summed E-state index contributed by atoms with van der Waals surface area (Å²) in [6, 6.07) is 15.0. The van der Waals surface area contributed by atoms with E-state index in [9.17, 15) is 9.59 Å². The van der Waals surface area contributed by atoms with Gasteiger partial charge in [-0.1, -0.05) is 55.1 Å². The molecule has 4 rings (SSSR count). The van der Waals surface area contributed by atoms with Gasteiger partial charge in [0.2, 0.25) is 11.8 Å². The molecule has 0 spiro atoms. The summed E-state index contributed by atoms with van der Waals surface area (Å²) < 4.78 is 5.76. The number of benzene rings is 2. The fourth-order valence-corrected chi connectivity index (χ4v) is 5.77. The van der Waals surface area contributed by atoms with E-state index in [4.69, 9.17) is 31.3 Å². The Morgan fingerprint density at radius 2 is 1.68 bits per heavy atom. The Morgan fingerprint density at radius 1 is 1.05 bits per heavy atom. The van der Waals surface area contributed by atoms with E-state index in [1.807, 2.05) is 12.1 Å². The monoisotopic (exact) mass is 572 g/mol. The zero-order valence-corrected chi connectivity index (χ0v) is 24.2. The number of carbonyl (C=O) groups excluding carboxylic acids is 2. The maximum absolute atomic E-state index is 11.9. The third-order valence-electron chi connectivity index (χ3n) is 7.84. The normalized spacial score (nSPS) is 16.6. The van der Waals surface area contributed by atoms with Crippen LogP contribution >= 0.6 is 11.6 Å². The second kappa shape index (κ2) is 15.6. The number of rotatable bonds is 11. The summed E-state index contributed by atoms with van der Waals surface area (Å²) in [5.41, 5.74) is 3.63. The molecule has 0 radical (unpaired) electrons. The lowest BCUT2D eigenvalue weighted by atomic mass is 9.88. The van der Waals surface area contributed by atoms with Crippen molar-refractivity contribution in [2.24, 2.45) is 5.92 Å². The fourth-order valence-electron chi connectivity index (χ4n) is 5.64. The second-order valence-electron chi connectivity index (χ2n) is 10.6. The molecule has 1 aliphatic carbocycles. The summed E-state index contributed by atoms with van der Waals surface area (Å²) >= 11 is 6.15. The smallest absolute Gasteiger partial charge is 0.496 e. The van der Waals surface area contributed by atoms with Gasteiger partial charge in [0.25, 0.3) is 0 Å². The lowest BCUT2D eigenvalue weighted by Crippen LogP contribution is -2.32. The van der Waals surface area contributed by atoms with E-state index < -0.39 is 6.16 Å². The van der Waals surface area contributed by atoms with Crippen LogP contribution in [0.15, 0.2) is 42.5 Å². The van der Waals surface area contributed by atoms with Crippen LogP contribution < -0.4 is 4.74 Å². The number of ether oxygens (including phenoxy) is 1. The molecule has 2 fully saturated rings. The first-order valence-electron chi connectivity index (χ1n) is 14.1. The average Bonchev–Trinajstić information content (AvgIpc) is 3.26. The van der Waals surface area contributed by atoms with Crippen LogP contribution in [0.4, 0.5) is 4.79 Å². The first kappa shape index (κ1) is 31.4. The quantitative estimate of drug-likeness (QED) is 0.285. The molecule has 1 saturated carbocycles. The minimum absolute atomic E-state index is 0.0461. The first-order chi connectivity index (χ1) is 19.2. The van der Waals surface area contributed by atoms with Gasteiger partial charge in [-0.15, -0.1) is 0 Å². The highest BCUT2D eigenvalue weighted by Gasteiger charge is 2.28. The summed E-state index contributed by atoms with van der Waals surface area (Å²) in [6.45, 7) is 4.72. The number of likely N-dealkylation sites (tertiary alicyclic amines) is 1. The van der Waals surface area contributed by atoms with Gasteiger partial charge in [0.05, 0.1) is 7.11 Å². The highest BCUT2D eigenvalue weighted by Crippen LogP contribution is 2.31. The Labute approximate surface area is 241 Å². The number of imide groups is 1. The first-order valence-corrected chi connectivity index (χ1v) is 14.5. The van der Waals surface area contributed by atoms with Gasteiger partial charge in [-0.25, -0.2) is 4.79 Å². The minimum atomic E-state index is -1.83. The molecule has 1 heterocycles. The summed E-state index contributed by atoms with van der Waals surface area (Å²) in [5, 5.41) is 14.7. The number of carbonyl (C=O) groups is 3. The van der Waals surface area contributed by atoms with Gasteiger partial charge in [0.1, 0.15) is 5.75 Å². The van der Waals surface area contributed by atoms with Gasteiger partial charge in [-0.05, 0) is 73.4 Å². The molecule has 2 amide bonds. The Balaban J connectivity index is 0.00000103. The highest BCUT2D eigenvalue weighted by molar-refractivity contribution is 6.30. The summed E-state index contributed by atoms with van der Waals surface area (Å²) in [7, 11) is 1.71. The van der Waals surface area contributed by atoms with Gasteiger partial charge in [0, 0.05) is 43.5 Å². The molecular weight excluding hydrogens is 532 g/mol. The van der Waals surface area contributed by atoms with Gasteiger partial charge in [-0.2, -0.15) is 0 Å². The number of amides is 2. The van der Waals surface area contributed by atoms with E-state index in [1.165, 1.54) is 48.1 Å². The largest absolute Gasteiger partial charge is 0.503 e. The molecule has 2 aromatic rings. The van der Waals surface area contributed by atoms with Crippen molar-refractivity contribution in [1.82, 2.24) is 9.80 Å². The fraction of sp³-hybridized carbons (Fsp3) is 0.516. The van der Waals surface area contributed by atoms with Crippen molar-refractivity contribution < 1.29 is 29.3 Å². The highest BCUT2D eigenvalue weighted by atomic mass is 35.5. The molecule has 1 atom stereocenters. The van der Waals surface area contributed by atoms with E-state index in [1.54, 1.807) is 7.11 Å². The number of hydrogen-bond acceptors (Lipinski definition) is 5. The lowest BCUT2D eigenvalue weighted by Gasteiger charge is -2.34. The summed E-state index contributed by atoms with van der Waals surface area (Å²) in [4.78, 5) is 36.3. The molecule has 2 aliphatic rings. The van der Waals surface area contributed by atoms with E-state index >= 15 is 0 Å². The van der Waals surface area contributed by atoms with Crippen LogP contribution in [0.25, 0.3) is 0 Å². The number of nitrogens with zero attached hydrogens (tertiary/aromatic N) is 2. The summed E-state index contributed by atoms with van der Waals surface area (Å²) in [5.74, 6) is 1.53. The van der Waals surface area contributed by atoms with E-state index in [0.29, 0.717) is 19.4 Å². The van der Waals surface area contributed by atoms with Gasteiger partial charge in [0.15, 0.2) is 0 Å². The van der Waals surface area contributed by atoms with E-state index in [0.717, 1.165) is 48.2 Å². The summed E-state index contributed by atoms with van der Waals surface area (Å²) in [6.07, 6.45) is 7.05. The SMILES string of the molecule is COc1cc(CN(CC2CCCCC2)[C@@H](C)c2ccc(Cl)cc2)ccc1CCCN1C(=O)CCC1=O.O=C(O)O. The van der Waals surface area contributed by atoms with Crippen LogP contribution in [0.5, 0.6) is 5.75 Å². The van der Waals surface area contributed by atoms with Crippen LogP contribution in [0.1, 0.15) is 81.0 Å². The van der Waals surface area contributed by atoms with Crippen molar-refractivity contribution in [1.29, 1.82) is 0 Å². The molecule has 9 heteroatoms. The molecule has 0 aromatic heterocycles. The van der Waals surface area contributed by atoms with Crippen LogP contribution in [-0.2, 0) is 22.6 Å². The van der Waals surface area contributed by atoms with Crippen LogP contribution in [0, 0.1) is 5.92 Å². The van der Waals surface area contributed by atoms with Gasteiger partial charge < -0.3 is 14.9 Å². The third kappa shape index (κ3) is 9.52. The topological polar surface area (TPSA) is 107 Å². The Bertz CT molecular complexity index is 1110. The van der Waals surface area contributed by atoms with Gasteiger partial charge in [-0.3, -0.25) is 19.4 Å². The van der Waals surface area contributed by atoms with Crippen LogP contribution in [0.3, 0.4) is 0 Å². The molecule has 40 heavy (non-hydrogen) atoms. The molecule has 0 unspecified atom stereocenters. The molecular formula is C31H41ClN2O6. The van der Waals surface area contributed by atoms with Crippen LogP contribution in [0.2, 0.25) is 5.02 Å². The molecule has 2 aromatic carbocycles. The van der Waals surface area contributed by atoms with Crippen molar-refractivity contribution in [3.8, 4) is 5.75 Å². The lowest BCUT2D eigenvalue weighted by molar-refractivity contribution is -0.138. The zero-order chi connectivity index (χ0) is 29.1. The number of methoxy groups -OCH3 is 1. The third-order valence-corrected chi connectivity index (χ3v) is 8.09. The standard InChI is InChI=1S/C30H39ClN2O3.CH2O3/c1-22(25-12-14-27(31)15-13-25)32(20-23-7-4-3-5-8-23)21-24-10-11-26(28(19-24)36-2)9-6-18-33-29(34)16-17-30(33)35;2-1(3)4/h10-15,19,22-23H,3-9,16-18,20-21H2,1-2H3;(H2,2,3,4)/t22-;/m0./s1. The van der Waals surface area contributed by atoms with Crippen molar-refractivity contribution in [2.45, 2.75) is 77.3 Å². The number of halogens is 1. The molecule has 2 N–H and O–H groups in total. The number of carboxylic acid groups (broad SMARTS) is 2. The predicted octanol–water partition coefficient (Wildman–Crippen LogP) is 6.80. The average molecular weight is 573 g/mol. The molecule has 0 bridgehead atoms. The number of aryl methyl sites for hydroxylation is 1. The number of hydrogen-bond donors (Lipinski definition) is 2. The predicted molar refractivity (Wildman–Crippen MR) is 155 cm³/mol. The Morgan fingerprint density at radius 3 is 2.27 bits per heavy atom. The van der Waals surface area contributed by atoms with Crippen molar-refractivity contribution >= 4 is 29.6 Å². The van der Waals surface area contributed by atoms with E-state index in [2.05, 4.69) is 42.2 Å². The Hall–Kier alpha value is -3.10. The maximum atomic E-state index is 11.9. The molecule has 218 valence electrons. The zero-order valence-electron chi connectivity index (χ0n) is 23.5. The minimum Gasteiger partial charge on any atom is -0.496 e. The van der Waals surface area contributed by atoms with Crippen LogP contribution in [-0.4, -0.2) is 58.2 Å². The van der Waals surface area contributed by atoms with Crippen molar-refractivity contribution in [3.05, 3.63) is 64.2 Å². The molecule has 1 aliphatic heterocycles. The van der Waals surface area contributed by atoms with Crippen molar-refractivity contribution in [3.63, 3.8) is 0 Å².